The van der Waals surface area contributed by atoms with Crippen LogP contribution < -0.4 is 10.9 Å². The molecule has 0 saturated carbocycles. The van der Waals surface area contributed by atoms with E-state index in [4.69, 9.17) is 0 Å². The first kappa shape index (κ1) is 19.8. The summed E-state index contributed by atoms with van der Waals surface area (Å²) in [7, 11) is 0. The molecule has 8 heteroatoms. The minimum Gasteiger partial charge on any atom is -0.480 e. The van der Waals surface area contributed by atoms with E-state index in [1.165, 1.54) is 11.3 Å². The topological polar surface area (TPSA) is 112 Å². The van der Waals surface area contributed by atoms with Gasteiger partial charge in [-0.25, -0.2) is 9.78 Å². The van der Waals surface area contributed by atoms with Crippen molar-refractivity contribution in [2.45, 2.75) is 39.2 Å². The lowest BCUT2D eigenvalue weighted by Crippen LogP contribution is -2.42. The van der Waals surface area contributed by atoms with Crippen LogP contribution in [0, 0.1) is 13.8 Å². The summed E-state index contributed by atoms with van der Waals surface area (Å²) in [6, 6.07) is 8.12. The third-order valence-corrected chi connectivity index (χ3v) is 5.69. The maximum absolute atomic E-state index is 12.3. The smallest absolute Gasteiger partial charge is 0.326 e. The second-order valence-corrected chi connectivity index (χ2v) is 7.83. The molecule has 0 aliphatic heterocycles. The third kappa shape index (κ3) is 4.45. The van der Waals surface area contributed by atoms with Gasteiger partial charge in [0.25, 0.3) is 5.56 Å². The average molecular weight is 399 g/mol. The number of hydrogen-bond acceptors (Lipinski definition) is 5. The van der Waals surface area contributed by atoms with Gasteiger partial charge in [-0.2, -0.15) is 0 Å². The Bertz CT molecular complexity index is 1070. The molecule has 0 bridgehead atoms. The molecule has 0 spiro atoms. The highest BCUT2D eigenvalue weighted by Crippen LogP contribution is 2.25. The summed E-state index contributed by atoms with van der Waals surface area (Å²) in [6.45, 7) is 3.82. The molecule has 0 saturated heterocycles. The van der Waals surface area contributed by atoms with Gasteiger partial charge >= 0.3 is 5.97 Å². The highest BCUT2D eigenvalue weighted by Gasteiger charge is 2.20. The van der Waals surface area contributed by atoms with Crippen molar-refractivity contribution in [3.05, 3.63) is 62.5 Å². The molecule has 0 radical (unpaired) electrons. The molecule has 3 rings (SSSR count). The summed E-state index contributed by atoms with van der Waals surface area (Å²) in [5.74, 6) is -1.07. The van der Waals surface area contributed by atoms with Crippen LogP contribution in [0.3, 0.4) is 0 Å². The molecule has 1 atom stereocenters. The Labute approximate surface area is 165 Å². The predicted octanol–water partition coefficient (Wildman–Crippen LogP) is 2.35. The van der Waals surface area contributed by atoms with E-state index in [-0.39, 0.29) is 24.8 Å². The first-order valence-electron chi connectivity index (χ1n) is 8.90. The molecule has 1 amide bonds. The zero-order valence-electron chi connectivity index (χ0n) is 15.6. The predicted molar refractivity (Wildman–Crippen MR) is 108 cm³/mol. The minimum atomic E-state index is -1.09. The number of nitrogens with one attached hydrogen (secondary N) is 2. The second-order valence-electron chi connectivity index (χ2n) is 6.62. The van der Waals surface area contributed by atoms with Crippen molar-refractivity contribution in [1.29, 1.82) is 0 Å². The number of H-pyrrole nitrogens is 1. The van der Waals surface area contributed by atoms with Gasteiger partial charge in [0, 0.05) is 24.1 Å². The Morgan fingerprint density at radius 3 is 2.64 bits per heavy atom. The molecule has 0 fully saturated rings. The van der Waals surface area contributed by atoms with E-state index in [0.717, 1.165) is 16.0 Å². The van der Waals surface area contributed by atoms with E-state index in [1.54, 1.807) is 0 Å². The summed E-state index contributed by atoms with van der Waals surface area (Å²) in [6.07, 6.45) is 0.470. The van der Waals surface area contributed by atoms with Gasteiger partial charge in [0.05, 0.1) is 5.39 Å². The summed E-state index contributed by atoms with van der Waals surface area (Å²) >= 11 is 1.45. The van der Waals surface area contributed by atoms with Crippen LogP contribution in [-0.4, -0.2) is 33.0 Å². The number of benzene rings is 1. The Hall–Kier alpha value is -3.00. The maximum Gasteiger partial charge on any atom is 0.326 e. The first-order chi connectivity index (χ1) is 13.3. The standard InChI is InChI=1S/C20H21N3O4S/c1-11-12(2)28-19-17(11)18(25)22-15(23-19)8-9-16(24)21-14(20(26)27)10-13-6-4-3-5-7-13/h3-7,14H,8-10H2,1-2H3,(H,21,24)(H,26,27)(H,22,23,25)/t14-/m0/s1. The fourth-order valence-corrected chi connectivity index (χ4v) is 4.01. The van der Waals surface area contributed by atoms with Crippen molar-refractivity contribution >= 4 is 33.4 Å². The fourth-order valence-electron chi connectivity index (χ4n) is 2.97. The van der Waals surface area contributed by atoms with Crippen LogP contribution in [0.5, 0.6) is 0 Å². The largest absolute Gasteiger partial charge is 0.480 e. The summed E-state index contributed by atoms with van der Waals surface area (Å²) < 4.78 is 0. The van der Waals surface area contributed by atoms with Crippen molar-refractivity contribution in [3.8, 4) is 0 Å². The lowest BCUT2D eigenvalue weighted by Gasteiger charge is -2.14. The molecule has 0 unspecified atom stereocenters. The molecular formula is C20H21N3O4S. The van der Waals surface area contributed by atoms with Gasteiger partial charge in [-0.15, -0.1) is 11.3 Å². The molecule has 0 aliphatic carbocycles. The number of hydrogen-bond donors (Lipinski definition) is 3. The Morgan fingerprint density at radius 1 is 1.25 bits per heavy atom. The van der Waals surface area contributed by atoms with Crippen LogP contribution in [0.1, 0.15) is 28.2 Å². The van der Waals surface area contributed by atoms with Crippen LogP contribution in [0.15, 0.2) is 35.1 Å². The lowest BCUT2D eigenvalue weighted by molar-refractivity contribution is -0.141. The monoisotopic (exact) mass is 399 g/mol. The third-order valence-electron chi connectivity index (χ3n) is 4.59. The number of nitrogens with zero attached hydrogens (tertiary/aromatic N) is 1. The number of carboxylic acids is 1. The van der Waals surface area contributed by atoms with Gasteiger partial charge in [-0.1, -0.05) is 30.3 Å². The highest BCUT2D eigenvalue weighted by molar-refractivity contribution is 7.18. The molecule has 2 heterocycles. The van der Waals surface area contributed by atoms with E-state index >= 15 is 0 Å². The van der Waals surface area contributed by atoms with Crippen LogP contribution in [0.4, 0.5) is 0 Å². The molecule has 0 aliphatic rings. The SMILES string of the molecule is Cc1sc2nc(CCC(=O)N[C@@H](Cc3ccccc3)C(=O)O)[nH]c(=O)c2c1C. The number of carbonyl (C=O) groups is 2. The Morgan fingerprint density at radius 2 is 1.96 bits per heavy atom. The van der Waals surface area contributed by atoms with Gasteiger partial charge in [-0.05, 0) is 25.0 Å². The van der Waals surface area contributed by atoms with Crippen LogP contribution >= 0.6 is 11.3 Å². The number of carboxylic acid groups (broad SMARTS) is 1. The number of amides is 1. The van der Waals surface area contributed by atoms with Gasteiger partial charge in [0.2, 0.25) is 5.91 Å². The molecule has 2 aromatic heterocycles. The summed E-state index contributed by atoms with van der Waals surface area (Å²) in [5, 5.41) is 12.5. The lowest BCUT2D eigenvalue weighted by atomic mass is 10.1. The molecule has 7 nitrogen and oxygen atoms in total. The van der Waals surface area contributed by atoms with Crippen molar-refractivity contribution in [3.63, 3.8) is 0 Å². The average Bonchev–Trinajstić information content (AvgIpc) is 2.94. The van der Waals surface area contributed by atoms with E-state index in [9.17, 15) is 19.5 Å². The molecular weight excluding hydrogens is 378 g/mol. The normalized spacial score (nSPS) is 12.1. The fraction of sp³-hybridized carbons (Fsp3) is 0.300. The van der Waals surface area contributed by atoms with Crippen molar-refractivity contribution in [2.24, 2.45) is 0 Å². The van der Waals surface area contributed by atoms with Gasteiger partial charge in [0.15, 0.2) is 0 Å². The van der Waals surface area contributed by atoms with Gasteiger partial charge in [-0.3, -0.25) is 9.59 Å². The number of aliphatic carboxylic acids is 1. The Kier molecular flexibility index (Phi) is 5.89. The maximum atomic E-state index is 12.3. The number of aromatic amines is 1. The first-order valence-corrected chi connectivity index (χ1v) is 9.71. The van der Waals surface area contributed by atoms with Crippen molar-refractivity contribution in [1.82, 2.24) is 15.3 Å². The zero-order chi connectivity index (χ0) is 20.3. The number of thiophene rings is 1. The van der Waals surface area contributed by atoms with Crippen LogP contribution in [0.2, 0.25) is 0 Å². The van der Waals surface area contributed by atoms with Crippen LogP contribution in [0.25, 0.3) is 10.2 Å². The number of aryl methyl sites for hydroxylation is 3. The number of carbonyl (C=O) groups excluding carboxylic acids is 1. The van der Waals surface area contributed by atoms with Crippen molar-refractivity contribution < 1.29 is 14.7 Å². The zero-order valence-corrected chi connectivity index (χ0v) is 16.4. The molecule has 1 aromatic carbocycles. The summed E-state index contributed by atoms with van der Waals surface area (Å²) in [4.78, 5) is 44.8. The molecule has 146 valence electrons. The molecule has 28 heavy (non-hydrogen) atoms. The van der Waals surface area contributed by atoms with Gasteiger partial charge < -0.3 is 15.4 Å². The minimum absolute atomic E-state index is 0.0381. The summed E-state index contributed by atoms with van der Waals surface area (Å²) in [5.41, 5.74) is 1.54. The van der Waals surface area contributed by atoms with E-state index < -0.39 is 17.9 Å². The van der Waals surface area contributed by atoms with Gasteiger partial charge in [0.1, 0.15) is 16.7 Å². The molecule has 3 aromatic rings. The Balaban J connectivity index is 1.65. The van der Waals surface area contributed by atoms with Crippen LogP contribution in [-0.2, 0) is 22.4 Å². The molecule has 3 N–H and O–H groups in total. The van der Waals surface area contributed by atoms with E-state index in [2.05, 4.69) is 15.3 Å². The van der Waals surface area contributed by atoms with Crippen molar-refractivity contribution in [2.75, 3.05) is 0 Å². The van der Waals surface area contributed by atoms with E-state index in [0.29, 0.717) is 16.0 Å². The second kappa shape index (κ2) is 8.35. The number of aromatic nitrogens is 2. The number of rotatable bonds is 7. The van der Waals surface area contributed by atoms with E-state index in [1.807, 2.05) is 44.2 Å². The quantitative estimate of drug-likeness (QED) is 0.565. The number of fused-ring (bicyclic) bond motifs is 1. The highest BCUT2D eigenvalue weighted by atomic mass is 32.1.